The van der Waals surface area contributed by atoms with Crippen molar-refractivity contribution in [1.82, 2.24) is 0 Å². The van der Waals surface area contributed by atoms with Gasteiger partial charge in [0.25, 0.3) is 0 Å². The molecule has 0 unspecified atom stereocenters. The van der Waals surface area contributed by atoms with Gasteiger partial charge in [-0.1, -0.05) is 40.2 Å². The summed E-state index contributed by atoms with van der Waals surface area (Å²) in [7, 11) is 0. The summed E-state index contributed by atoms with van der Waals surface area (Å²) in [5, 5.41) is 18.6. The number of nitriles is 1. The third-order valence-electron chi connectivity index (χ3n) is 3.33. The Bertz CT molecular complexity index is 962. The molecule has 0 aliphatic rings. The van der Waals surface area contributed by atoms with Gasteiger partial charge in [-0.15, -0.1) is 0 Å². The number of carbonyl (C=O) groups is 1. The molecule has 0 radical (unpaired) electrons. The molecule has 112 valence electrons. The SMILES string of the molecule is N#C/C(=C\c1ccc2cc(-c3ccc(Br)cc3)oc2c1)C(=O)O. The maximum absolute atomic E-state index is 10.9. The number of hydrogen-bond acceptors (Lipinski definition) is 3. The van der Waals surface area contributed by atoms with Gasteiger partial charge < -0.3 is 9.52 Å². The molecule has 23 heavy (non-hydrogen) atoms. The van der Waals surface area contributed by atoms with Gasteiger partial charge in [-0.2, -0.15) is 5.26 Å². The van der Waals surface area contributed by atoms with Crippen LogP contribution in [0.5, 0.6) is 0 Å². The van der Waals surface area contributed by atoms with E-state index in [-0.39, 0.29) is 5.57 Å². The maximum Gasteiger partial charge on any atom is 0.346 e. The molecule has 1 heterocycles. The minimum Gasteiger partial charge on any atom is -0.477 e. The number of benzene rings is 2. The lowest BCUT2D eigenvalue weighted by atomic mass is 10.1. The van der Waals surface area contributed by atoms with Crippen LogP contribution in [0.2, 0.25) is 0 Å². The number of carboxylic acids is 1. The summed E-state index contributed by atoms with van der Waals surface area (Å²) in [5.74, 6) is -0.519. The monoisotopic (exact) mass is 367 g/mol. The van der Waals surface area contributed by atoms with Gasteiger partial charge in [0.05, 0.1) is 0 Å². The molecule has 5 heteroatoms. The fraction of sp³-hybridized carbons (Fsp3) is 0. The average Bonchev–Trinajstić information content (AvgIpc) is 2.96. The van der Waals surface area contributed by atoms with E-state index in [2.05, 4.69) is 15.9 Å². The van der Waals surface area contributed by atoms with Gasteiger partial charge in [0.2, 0.25) is 0 Å². The highest BCUT2D eigenvalue weighted by atomic mass is 79.9. The Kier molecular flexibility index (Phi) is 4.00. The van der Waals surface area contributed by atoms with Crippen molar-refractivity contribution in [3.63, 3.8) is 0 Å². The zero-order valence-electron chi connectivity index (χ0n) is 11.8. The van der Waals surface area contributed by atoms with E-state index < -0.39 is 5.97 Å². The topological polar surface area (TPSA) is 74.2 Å². The Morgan fingerprint density at radius 1 is 1.17 bits per heavy atom. The zero-order valence-corrected chi connectivity index (χ0v) is 13.4. The Labute approximate surface area is 140 Å². The number of fused-ring (bicyclic) bond motifs is 1. The Morgan fingerprint density at radius 3 is 2.57 bits per heavy atom. The van der Waals surface area contributed by atoms with Gasteiger partial charge in [0.1, 0.15) is 23.0 Å². The number of furan rings is 1. The van der Waals surface area contributed by atoms with Crippen LogP contribution in [0.25, 0.3) is 28.4 Å². The second-order valence-electron chi connectivity index (χ2n) is 4.89. The second kappa shape index (κ2) is 6.11. The first-order chi connectivity index (χ1) is 11.1. The Morgan fingerprint density at radius 2 is 1.91 bits per heavy atom. The molecule has 0 saturated carbocycles. The van der Waals surface area contributed by atoms with Crippen molar-refractivity contribution in [3.8, 4) is 17.4 Å². The minimum absolute atomic E-state index is 0.316. The first kappa shape index (κ1) is 15.1. The summed E-state index contributed by atoms with van der Waals surface area (Å²) >= 11 is 3.39. The smallest absolute Gasteiger partial charge is 0.346 e. The predicted molar refractivity (Wildman–Crippen MR) is 90.6 cm³/mol. The van der Waals surface area contributed by atoms with Crippen LogP contribution in [-0.2, 0) is 4.79 Å². The molecule has 1 aromatic heterocycles. The number of aliphatic carboxylic acids is 1. The van der Waals surface area contributed by atoms with Gasteiger partial charge in [-0.25, -0.2) is 4.79 Å². The van der Waals surface area contributed by atoms with Gasteiger partial charge in [-0.3, -0.25) is 0 Å². The maximum atomic E-state index is 10.9. The molecule has 0 aliphatic carbocycles. The molecule has 0 amide bonds. The first-order valence-electron chi connectivity index (χ1n) is 6.71. The molecule has 0 spiro atoms. The molecule has 0 saturated heterocycles. The number of nitrogens with zero attached hydrogens (tertiary/aromatic N) is 1. The highest BCUT2D eigenvalue weighted by Crippen LogP contribution is 2.29. The summed E-state index contributed by atoms with van der Waals surface area (Å²) in [5.41, 5.74) is 1.88. The third kappa shape index (κ3) is 3.17. The molecule has 0 aliphatic heterocycles. The fourth-order valence-corrected chi connectivity index (χ4v) is 2.47. The van der Waals surface area contributed by atoms with Crippen LogP contribution in [0.4, 0.5) is 0 Å². The summed E-state index contributed by atoms with van der Waals surface area (Å²) in [6.45, 7) is 0. The summed E-state index contributed by atoms with van der Waals surface area (Å²) < 4.78 is 6.82. The summed E-state index contributed by atoms with van der Waals surface area (Å²) in [6.07, 6.45) is 1.32. The highest BCUT2D eigenvalue weighted by molar-refractivity contribution is 9.10. The average molecular weight is 368 g/mol. The number of rotatable bonds is 3. The second-order valence-corrected chi connectivity index (χ2v) is 5.81. The van der Waals surface area contributed by atoms with Crippen molar-refractivity contribution >= 4 is 38.9 Å². The van der Waals surface area contributed by atoms with Crippen molar-refractivity contribution in [2.45, 2.75) is 0 Å². The van der Waals surface area contributed by atoms with Crippen molar-refractivity contribution in [2.24, 2.45) is 0 Å². The lowest BCUT2D eigenvalue weighted by Crippen LogP contribution is -1.97. The van der Waals surface area contributed by atoms with Crippen LogP contribution >= 0.6 is 15.9 Å². The van der Waals surface area contributed by atoms with Crippen molar-refractivity contribution in [1.29, 1.82) is 5.26 Å². The lowest BCUT2D eigenvalue weighted by Gasteiger charge is -1.96. The van der Waals surface area contributed by atoms with Gasteiger partial charge in [-0.05, 0) is 35.9 Å². The molecule has 1 N–H and O–H groups in total. The van der Waals surface area contributed by atoms with E-state index in [0.717, 1.165) is 21.2 Å². The molecule has 0 fully saturated rings. The van der Waals surface area contributed by atoms with Crippen LogP contribution in [-0.4, -0.2) is 11.1 Å². The van der Waals surface area contributed by atoms with E-state index in [0.29, 0.717) is 11.1 Å². The quantitative estimate of drug-likeness (QED) is 0.530. The number of hydrogen-bond donors (Lipinski definition) is 1. The van der Waals surface area contributed by atoms with E-state index in [9.17, 15) is 4.79 Å². The third-order valence-corrected chi connectivity index (χ3v) is 3.86. The van der Waals surface area contributed by atoms with Crippen LogP contribution in [0.15, 0.2) is 63.0 Å². The standard InChI is InChI=1S/C18H10BrNO3/c19-15-5-3-12(4-6-15)17-9-13-2-1-11(8-16(13)23-17)7-14(10-20)18(21)22/h1-9H,(H,21,22)/b14-7+. The molecule has 3 rings (SSSR count). The number of halogens is 1. The van der Waals surface area contributed by atoms with Crippen molar-refractivity contribution < 1.29 is 14.3 Å². The van der Waals surface area contributed by atoms with E-state index >= 15 is 0 Å². The fourth-order valence-electron chi connectivity index (χ4n) is 2.20. The summed E-state index contributed by atoms with van der Waals surface area (Å²) in [6, 6.07) is 16.7. The molecular formula is C18H10BrNO3. The van der Waals surface area contributed by atoms with E-state index in [1.54, 1.807) is 18.2 Å². The van der Waals surface area contributed by atoms with Gasteiger partial charge in [0.15, 0.2) is 0 Å². The summed E-state index contributed by atoms with van der Waals surface area (Å²) in [4.78, 5) is 10.9. The highest BCUT2D eigenvalue weighted by Gasteiger charge is 2.09. The lowest BCUT2D eigenvalue weighted by molar-refractivity contribution is -0.132. The zero-order chi connectivity index (χ0) is 16.4. The predicted octanol–water partition coefficient (Wildman–Crippen LogP) is 4.85. The van der Waals surface area contributed by atoms with Crippen molar-refractivity contribution in [3.05, 3.63) is 64.1 Å². The van der Waals surface area contributed by atoms with E-state index in [1.807, 2.05) is 36.4 Å². The van der Waals surface area contributed by atoms with Crippen molar-refractivity contribution in [2.75, 3.05) is 0 Å². The molecule has 4 nitrogen and oxygen atoms in total. The Balaban J connectivity index is 2.03. The van der Waals surface area contributed by atoms with Crippen LogP contribution in [0.1, 0.15) is 5.56 Å². The molecule has 2 aromatic carbocycles. The van der Waals surface area contributed by atoms with Crippen LogP contribution in [0, 0.1) is 11.3 Å². The molecule has 0 bridgehead atoms. The van der Waals surface area contributed by atoms with Crippen LogP contribution < -0.4 is 0 Å². The normalized spacial score (nSPS) is 11.4. The Hall–Kier alpha value is -2.84. The van der Waals surface area contributed by atoms with E-state index in [4.69, 9.17) is 14.8 Å². The first-order valence-corrected chi connectivity index (χ1v) is 7.51. The van der Waals surface area contributed by atoms with E-state index in [1.165, 1.54) is 6.08 Å². The molecule has 3 aromatic rings. The number of carboxylic acid groups (broad SMARTS) is 1. The molecular weight excluding hydrogens is 358 g/mol. The van der Waals surface area contributed by atoms with Gasteiger partial charge >= 0.3 is 5.97 Å². The van der Waals surface area contributed by atoms with Crippen LogP contribution in [0.3, 0.4) is 0 Å². The minimum atomic E-state index is -1.25. The van der Waals surface area contributed by atoms with Gasteiger partial charge in [0, 0.05) is 15.4 Å². The molecule has 0 atom stereocenters. The largest absolute Gasteiger partial charge is 0.477 e.